The normalized spacial score (nSPS) is 16.8. The fourth-order valence-electron chi connectivity index (χ4n) is 7.47. The van der Waals surface area contributed by atoms with Crippen LogP contribution in [0.2, 0.25) is 0 Å². The van der Waals surface area contributed by atoms with Crippen molar-refractivity contribution in [3.05, 3.63) is 58.2 Å². The number of fused-ring (bicyclic) bond motifs is 1. The second kappa shape index (κ2) is 18.8. The van der Waals surface area contributed by atoms with Crippen molar-refractivity contribution in [2.75, 3.05) is 46.6 Å². The van der Waals surface area contributed by atoms with Crippen molar-refractivity contribution in [1.82, 2.24) is 30.3 Å². The molecule has 57 heavy (non-hydrogen) atoms. The molecule has 2 amide bonds. The number of alkyl carbamates (subject to hydrolysis) is 1. The third kappa shape index (κ3) is 10.8. The number of aliphatic hydroxyl groups excluding tert-OH is 1. The molecule has 14 heteroatoms. The molecule has 2 aliphatic heterocycles. The van der Waals surface area contributed by atoms with Crippen LogP contribution in [0.5, 0.6) is 0 Å². The molecule has 2 aliphatic rings. The highest BCUT2D eigenvalue weighted by molar-refractivity contribution is 7.10. The number of benzene rings is 1. The molecule has 3 aromatic heterocycles. The highest BCUT2D eigenvalue weighted by atomic mass is 32.1. The molecule has 2 atom stereocenters. The highest BCUT2D eigenvalue weighted by Crippen LogP contribution is 2.41. The van der Waals surface area contributed by atoms with Crippen LogP contribution in [0, 0.1) is 5.41 Å². The molecule has 2 saturated heterocycles. The minimum absolute atomic E-state index is 0.0135. The summed E-state index contributed by atoms with van der Waals surface area (Å²) < 4.78 is 25.7. The predicted molar refractivity (Wildman–Crippen MR) is 222 cm³/mol. The van der Waals surface area contributed by atoms with Gasteiger partial charge in [-0.05, 0) is 95.0 Å². The van der Waals surface area contributed by atoms with Gasteiger partial charge in [-0.2, -0.15) is 0 Å². The van der Waals surface area contributed by atoms with Crippen LogP contribution in [-0.2, 0) is 43.1 Å². The molecule has 0 spiro atoms. The first-order chi connectivity index (χ1) is 27.3. The number of aliphatic hydroxyl groups is 1. The maximum absolute atomic E-state index is 13.7. The van der Waals surface area contributed by atoms with Gasteiger partial charge >= 0.3 is 6.09 Å². The maximum atomic E-state index is 13.7. The molecule has 0 bridgehead atoms. The quantitative estimate of drug-likeness (QED) is 0.117. The predicted octanol–water partition coefficient (Wildman–Crippen LogP) is 6.85. The Morgan fingerprint density at radius 2 is 1.93 bits per heavy atom. The number of thiazole rings is 1. The van der Waals surface area contributed by atoms with E-state index in [9.17, 15) is 14.7 Å². The van der Waals surface area contributed by atoms with E-state index in [0.717, 1.165) is 75.4 Å². The number of rotatable bonds is 15. The van der Waals surface area contributed by atoms with E-state index in [0.29, 0.717) is 45.9 Å². The van der Waals surface area contributed by atoms with Crippen LogP contribution in [0.15, 0.2) is 41.9 Å². The summed E-state index contributed by atoms with van der Waals surface area (Å²) in [5.74, 6) is -0.220. The second-order valence-corrected chi connectivity index (χ2v) is 17.8. The summed E-state index contributed by atoms with van der Waals surface area (Å²) in [5, 5.41) is 18.8. The van der Waals surface area contributed by atoms with Crippen LogP contribution >= 0.6 is 11.3 Å². The second-order valence-electron chi connectivity index (χ2n) is 16.8. The van der Waals surface area contributed by atoms with Gasteiger partial charge in [-0.15, -0.1) is 11.3 Å². The Morgan fingerprint density at radius 1 is 1.14 bits per heavy atom. The zero-order valence-corrected chi connectivity index (χ0v) is 35.4. The van der Waals surface area contributed by atoms with Gasteiger partial charge in [0.1, 0.15) is 11.6 Å². The summed E-state index contributed by atoms with van der Waals surface area (Å²) >= 11 is 1.46. The minimum atomic E-state index is -0.859. The van der Waals surface area contributed by atoms with Gasteiger partial charge in [0.2, 0.25) is 0 Å². The lowest BCUT2D eigenvalue weighted by atomic mass is 9.84. The minimum Gasteiger partial charge on any atom is -0.444 e. The third-order valence-corrected chi connectivity index (χ3v) is 11.4. The Bertz CT molecular complexity index is 1980. The van der Waals surface area contributed by atoms with Gasteiger partial charge in [0.25, 0.3) is 5.91 Å². The lowest BCUT2D eigenvalue weighted by Gasteiger charge is -2.31. The molecule has 6 rings (SSSR count). The van der Waals surface area contributed by atoms with Crippen molar-refractivity contribution >= 4 is 34.2 Å². The molecule has 0 radical (unpaired) electrons. The van der Waals surface area contributed by atoms with Gasteiger partial charge in [0, 0.05) is 86.6 Å². The topological polar surface area (TPSA) is 149 Å². The average molecular weight is 805 g/mol. The number of hydrogen-bond donors (Lipinski definition) is 3. The number of ether oxygens (including phenoxy) is 4. The first-order valence-electron chi connectivity index (χ1n) is 20.2. The lowest BCUT2D eigenvalue weighted by Crippen LogP contribution is -2.56. The van der Waals surface area contributed by atoms with E-state index in [1.807, 2.05) is 18.4 Å². The van der Waals surface area contributed by atoms with E-state index in [-0.39, 0.29) is 31.1 Å². The number of hydrogen-bond acceptors (Lipinski definition) is 11. The van der Waals surface area contributed by atoms with Gasteiger partial charge in [0.15, 0.2) is 0 Å². The molecular formula is C43H60N6O7S. The van der Waals surface area contributed by atoms with Gasteiger partial charge < -0.3 is 33.9 Å². The average Bonchev–Trinajstić information content (AvgIpc) is 3.79. The monoisotopic (exact) mass is 804 g/mol. The zero-order chi connectivity index (χ0) is 40.7. The maximum Gasteiger partial charge on any atom is 0.408 e. The standard InChI is InChI=1S/C43H60N6O7S/c1-28(53-7)38-31(11-10-16-44-38)39-33(25-43(5,6)27-50)32-23-29(12-13-36(32)48(39)19-22-55-30-14-20-54-21-15-30)35-26-57-37(46-35)24-34(47-41(52)56-42(2,3)4)40(51)49-18-9-8-17-45-49/h10-13,16,23,26,28,30,34,45,50H,8-9,14-15,17-22,24-25,27H2,1-7H3,(H,47,52)/t28-,34-/m0/s1. The molecule has 5 heterocycles. The lowest BCUT2D eigenvalue weighted by molar-refractivity contribution is -0.137. The fourth-order valence-corrected chi connectivity index (χ4v) is 8.32. The number of pyridine rings is 1. The number of hydrazine groups is 1. The van der Waals surface area contributed by atoms with Gasteiger partial charge in [0.05, 0.1) is 40.9 Å². The van der Waals surface area contributed by atoms with E-state index in [1.54, 1.807) is 39.1 Å². The molecule has 0 aliphatic carbocycles. The van der Waals surface area contributed by atoms with Crippen molar-refractivity contribution in [3.63, 3.8) is 0 Å². The van der Waals surface area contributed by atoms with E-state index in [2.05, 4.69) is 53.4 Å². The summed E-state index contributed by atoms with van der Waals surface area (Å²) in [6.45, 7) is 15.4. The molecule has 2 fully saturated rings. The van der Waals surface area contributed by atoms with E-state index < -0.39 is 23.2 Å². The largest absolute Gasteiger partial charge is 0.444 e. The van der Waals surface area contributed by atoms with Crippen LogP contribution in [0.4, 0.5) is 4.79 Å². The van der Waals surface area contributed by atoms with Crippen molar-refractivity contribution in [2.24, 2.45) is 5.41 Å². The number of nitrogens with zero attached hydrogens (tertiary/aromatic N) is 4. The number of carbonyl (C=O) groups is 2. The van der Waals surface area contributed by atoms with Gasteiger partial charge in [-0.3, -0.25) is 14.8 Å². The molecule has 1 aromatic carbocycles. The molecule has 4 aromatic rings. The SMILES string of the molecule is CO[C@@H](C)c1ncccc1-c1c(CC(C)(C)CO)c2cc(-c3csc(C[C@H](NC(=O)OC(C)(C)C)C(=O)N4CCCCN4)n3)ccc2n1CCOC1CCOCC1. The Labute approximate surface area is 340 Å². The summed E-state index contributed by atoms with van der Waals surface area (Å²) in [6.07, 6.45) is 5.53. The Balaban J connectivity index is 1.39. The smallest absolute Gasteiger partial charge is 0.408 e. The number of nitrogens with one attached hydrogen (secondary N) is 2. The van der Waals surface area contributed by atoms with Crippen LogP contribution < -0.4 is 10.7 Å². The molecule has 310 valence electrons. The molecule has 3 N–H and O–H groups in total. The Kier molecular flexibility index (Phi) is 14.1. The van der Waals surface area contributed by atoms with Crippen molar-refractivity contribution in [3.8, 4) is 22.5 Å². The molecule has 0 saturated carbocycles. The molecule has 0 unspecified atom stereocenters. The van der Waals surface area contributed by atoms with Crippen LogP contribution in [0.25, 0.3) is 33.4 Å². The number of aromatic nitrogens is 3. The van der Waals surface area contributed by atoms with E-state index in [4.69, 9.17) is 28.9 Å². The summed E-state index contributed by atoms with van der Waals surface area (Å²) in [4.78, 5) is 36.5. The molecule has 13 nitrogen and oxygen atoms in total. The van der Waals surface area contributed by atoms with Crippen LogP contribution in [-0.4, -0.2) is 101 Å². The third-order valence-electron chi connectivity index (χ3n) is 10.5. The van der Waals surface area contributed by atoms with E-state index in [1.165, 1.54) is 11.3 Å². The number of carbonyl (C=O) groups excluding carboxylic acids is 2. The summed E-state index contributed by atoms with van der Waals surface area (Å²) in [7, 11) is 1.70. The first-order valence-corrected chi connectivity index (χ1v) is 21.1. The van der Waals surface area contributed by atoms with Crippen molar-refractivity contribution < 1.29 is 33.6 Å². The van der Waals surface area contributed by atoms with Gasteiger partial charge in [-0.25, -0.2) is 15.2 Å². The van der Waals surface area contributed by atoms with Crippen LogP contribution in [0.3, 0.4) is 0 Å². The van der Waals surface area contributed by atoms with Crippen LogP contribution in [0.1, 0.15) is 89.6 Å². The highest BCUT2D eigenvalue weighted by Gasteiger charge is 2.31. The van der Waals surface area contributed by atoms with Crippen molar-refractivity contribution in [1.29, 1.82) is 0 Å². The summed E-state index contributed by atoms with van der Waals surface area (Å²) in [5.41, 5.74) is 8.74. The summed E-state index contributed by atoms with van der Waals surface area (Å²) in [6, 6.07) is 9.62. The molecular weight excluding hydrogens is 745 g/mol. The zero-order valence-electron chi connectivity index (χ0n) is 34.6. The number of amides is 2. The number of methoxy groups -OCH3 is 1. The Morgan fingerprint density at radius 3 is 2.63 bits per heavy atom. The Hall–Kier alpha value is -3.92. The van der Waals surface area contributed by atoms with Gasteiger partial charge in [-0.1, -0.05) is 19.9 Å². The first kappa shape index (κ1) is 42.7. The van der Waals surface area contributed by atoms with Crippen molar-refractivity contribution in [2.45, 2.75) is 110 Å². The van der Waals surface area contributed by atoms with E-state index >= 15 is 0 Å². The fraction of sp³-hybridized carbons (Fsp3) is 0.581.